The van der Waals surface area contributed by atoms with Crippen molar-refractivity contribution in [2.24, 2.45) is 0 Å². The summed E-state index contributed by atoms with van der Waals surface area (Å²) in [5.74, 6) is -0.399. The molecule has 0 bridgehead atoms. The molecule has 0 aliphatic rings. The molecular formula is C18H17FN2O4. The van der Waals surface area contributed by atoms with E-state index < -0.39 is 17.7 Å². The SMILES string of the molecule is Cc1ccc(OCC(O)Cn2nc(-c3ccc(F)cc3)oc2=O)cc1. The second kappa shape index (κ2) is 7.31. The van der Waals surface area contributed by atoms with Gasteiger partial charge in [-0.05, 0) is 43.3 Å². The number of benzene rings is 2. The van der Waals surface area contributed by atoms with Crippen molar-refractivity contribution in [2.75, 3.05) is 6.61 Å². The number of hydrogen-bond donors (Lipinski definition) is 1. The van der Waals surface area contributed by atoms with Crippen LogP contribution in [-0.4, -0.2) is 27.6 Å². The molecule has 7 heteroatoms. The summed E-state index contributed by atoms with van der Waals surface area (Å²) >= 11 is 0. The minimum atomic E-state index is -0.940. The highest BCUT2D eigenvalue weighted by Crippen LogP contribution is 2.16. The standard InChI is InChI=1S/C18H17FN2O4/c1-12-2-8-16(9-3-12)24-11-15(22)10-21-18(23)25-17(20-21)13-4-6-14(19)7-5-13/h2-9,15,22H,10-11H2,1H3. The van der Waals surface area contributed by atoms with E-state index in [2.05, 4.69) is 5.10 Å². The number of aliphatic hydroxyl groups is 1. The van der Waals surface area contributed by atoms with Crippen LogP contribution in [-0.2, 0) is 6.54 Å². The van der Waals surface area contributed by atoms with Crippen molar-refractivity contribution < 1.29 is 18.7 Å². The molecule has 0 saturated heterocycles. The molecule has 3 rings (SSSR count). The van der Waals surface area contributed by atoms with Crippen LogP contribution in [0.2, 0.25) is 0 Å². The highest BCUT2D eigenvalue weighted by molar-refractivity contribution is 5.51. The molecule has 1 unspecified atom stereocenters. The molecule has 130 valence electrons. The van der Waals surface area contributed by atoms with Gasteiger partial charge in [0.2, 0.25) is 5.89 Å². The van der Waals surface area contributed by atoms with Crippen LogP contribution in [0.25, 0.3) is 11.5 Å². The topological polar surface area (TPSA) is 77.5 Å². The van der Waals surface area contributed by atoms with Gasteiger partial charge in [-0.15, -0.1) is 5.10 Å². The summed E-state index contributed by atoms with van der Waals surface area (Å²) < 4.78 is 24.5. The Balaban J connectivity index is 1.63. The van der Waals surface area contributed by atoms with Crippen LogP contribution in [0.1, 0.15) is 5.56 Å². The monoisotopic (exact) mass is 344 g/mol. The number of aryl methyl sites for hydroxylation is 1. The van der Waals surface area contributed by atoms with Crippen molar-refractivity contribution in [1.82, 2.24) is 9.78 Å². The fourth-order valence-corrected chi connectivity index (χ4v) is 2.21. The van der Waals surface area contributed by atoms with Gasteiger partial charge in [0.25, 0.3) is 0 Å². The Bertz CT molecular complexity index is 885. The van der Waals surface area contributed by atoms with Gasteiger partial charge in [-0.2, -0.15) is 4.68 Å². The lowest BCUT2D eigenvalue weighted by Gasteiger charge is -2.11. The molecule has 2 aromatic carbocycles. The molecule has 6 nitrogen and oxygen atoms in total. The molecule has 1 aromatic heterocycles. The number of nitrogens with zero attached hydrogens (tertiary/aromatic N) is 2. The first-order valence-corrected chi connectivity index (χ1v) is 7.73. The van der Waals surface area contributed by atoms with Crippen LogP contribution in [0.4, 0.5) is 4.39 Å². The molecule has 1 atom stereocenters. The lowest BCUT2D eigenvalue weighted by atomic mass is 10.2. The molecular weight excluding hydrogens is 327 g/mol. The van der Waals surface area contributed by atoms with Crippen molar-refractivity contribution in [1.29, 1.82) is 0 Å². The molecule has 0 aliphatic heterocycles. The minimum absolute atomic E-state index is 0.00818. The van der Waals surface area contributed by atoms with Gasteiger partial charge >= 0.3 is 5.76 Å². The third-order valence-corrected chi connectivity index (χ3v) is 3.54. The third kappa shape index (κ3) is 4.33. The van der Waals surface area contributed by atoms with E-state index in [0.717, 1.165) is 10.2 Å². The van der Waals surface area contributed by atoms with E-state index in [4.69, 9.17) is 9.15 Å². The van der Waals surface area contributed by atoms with E-state index in [1.165, 1.54) is 24.3 Å². The summed E-state index contributed by atoms with van der Waals surface area (Å²) in [5, 5.41) is 14.1. The van der Waals surface area contributed by atoms with Crippen LogP contribution in [0.5, 0.6) is 5.75 Å². The predicted octanol–water partition coefficient (Wildman–Crippen LogP) is 2.39. The molecule has 25 heavy (non-hydrogen) atoms. The average molecular weight is 344 g/mol. The van der Waals surface area contributed by atoms with Gasteiger partial charge in [0, 0.05) is 5.56 Å². The Morgan fingerprint density at radius 3 is 2.56 bits per heavy atom. The van der Waals surface area contributed by atoms with Gasteiger partial charge < -0.3 is 14.3 Å². The maximum Gasteiger partial charge on any atom is 0.437 e. The number of halogens is 1. The fraction of sp³-hybridized carbons (Fsp3) is 0.222. The summed E-state index contributed by atoms with van der Waals surface area (Å²) in [5.41, 5.74) is 1.58. The van der Waals surface area contributed by atoms with E-state index >= 15 is 0 Å². The predicted molar refractivity (Wildman–Crippen MR) is 88.8 cm³/mol. The van der Waals surface area contributed by atoms with Crippen molar-refractivity contribution in [3.05, 3.63) is 70.5 Å². The van der Waals surface area contributed by atoms with Gasteiger partial charge in [0.05, 0.1) is 6.54 Å². The molecule has 0 fully saturated rings. The first-order chi connectivity index (χ1) is 12.0. The second-order valence-electron chi connectivity index (χ2n) is 5.64. The zero-order chi connectivity index (χ0) is 17.8. The van der Waals surface area contributed by atoms with Crippen molar-refractivity contribution >= 4 is 0 Å². The maximum atomic E-state index is 12.9. The Morgan fingerprint density at radius 2 is 1.88 bits per heavy atom. The highest BCUT2D eigenvalue weighted by Gasteiger charge is 2.14. The van der Waals surface area contributed by atoms with Gasteiger partial charge in [-0.3, -0.25) is 0 Å². The molecule has 1 N–H and O–H groups in total. The summed E-state index contributed by atoms with van der Waals surface area (Å²) in [7, 11) is 0. The third-order valence-electron chi connectivity index (χ3n) is 3.54. The van der Waals surface area contributed by atoms with Crippen LogP contribution in [0.3, 0.4) is 0 Å². The lowest BCUT2D eigenvalue weighted by molar-refractivity contribution is 0.0875. The number of ether oxygens (including phenoxy) is 1. The second-order valence-corrected chi connectivity index (χ2v) is 5.64. The van der Waals surface area contributed by atoms with Gasteiger partial charge in [-0.1, -0.05) is 17.7 Å². The normalized spacial score (nSPS) is 12.1. The van der Waals surface area contributed by atoms with Crippen molar-refractivity contribution in [3.8, 4) is 17.2 Å². The van der Waals surface area contributed by atoms with Crippen LogP contribution < -0.4 is 10.5 Å². The van der Waals surface area contributed by atoms with E-state index in [0.29, 0.717) is 11.3 Å². The average Bonchev–Trinajstić information content (AvgIpc) is 2.95. The Hall–Kier alpha value is -2.93. The first-order valence-electron chi connectivity index (χ1n) is 7.73. The number of hydrogen-bond acceptors (Lipinski definition) is 5. The van der Waals surface area contributed by atoms with Crippen molar-refractivity contribution in [2.45, 2.75) is 19.6 Å². The number of aliphatic hydroxyl groups excluding tert-OH is 1. The maximum absolute atomic E-state index is 12.9. The fourth-order valence-electron chi connectivity index (χ4n) is 2.21. The van der Waals surface area contributed by atoms with E-state index in [9.17, 15) is 14.3 Å². The summed E-state index contributed by atoms with van der Waals surface area (Å²) in [6, 6.07) is 12.8. The number of rotatable bonds is 6. The molecule has 3 aromatic rings. The first kappa shape index (κ1) is 16.9. The molecule has 0 aliphatic carbocycles. The van der Waals surface area contributed by atoms with Crippen LogP contribution >= 0.6 is 0 Å². The molecule has 1 heterocycles. The van der Waals surface area contributed by atoms with Gasteiger partial charge in [0.1, 0.15) is 24.3 Å². The summed E-state index contributed by atoms with van der Waals surface area (Å²) in [6.07, 6.45) is -0.940. The van der Waals surface area contributed by atoms with E-state index in [-0.39, 0.29) is 19.0 Å². The minimum Gasteiger partial charge on any atom is -0.491 e. The quantitative estimate of drug-likeness (QED) is 0.743. The zero-order valence-electron chi connectivity index (χ0n) is 13.6. The summed E-state index contributed by atoms with van der Waals surface area (Å²) in [6.45, 7) is 1.90. The van der Waals surface area contributed by atoms with E-state index in [1.54, 1.807) is 12.1 Å². The van der Waals surface area contributed by atoms with Crippen molar-refractivity contribution in [3.63, 3.8) is 0 Å². The lowest BCUT2D eigenvalue weighted by Crippen LogP contribution is -2.29. The van der Waals surface area contributed by atoms with Crippen LogP contribution in [0, 0.1) is 12.7 Å². The molecule has 0 radical (unpaired) electrons. The highest BCUT2D eigenvalue weighted by atomic mass is 19.1. The smallest absolute Gasteiger partial charge is 0.437 e. The van der Waals surface area contributed by atoms with Gasteiger partial charge in [0.15, 0.2) is 0 Å². The van der Waals surface area contributed by atoms with E-state index in [1.807, 2.05) is 19.1 Å². The molecule has 0 spiro atoms. The summed E-state index contributed by atoms with van der Waals surface area (Å²) in [4.78, 5) is 11.8. The Morgan fingerprint density at radius 1 is 1.20 bits per heavy atom. The van der Waals surface area contributed by atoms with Crippen LogP contribution in [0.15, 0.2) is 57.7 Å². The Kier molecular flexibility index (Phi) is 4.95. The molecule has 0 saturated carbocycles. The van der Waals surface area contributed by atoms with Gasteiger partial charge in [-0.25, -0.2) is 9.18 Å². The molecule has 0 amide bonds. The number of aromatic nitrogens is 2. The zero-order valence-corrected chi connectivity index (χ0v) is 13.6. The Labute approximate surface area is 143 Å². The largest absolute Gasteiger partial charge is 0.491 e.